The summed E-state index contributed by atoms with van der Waals surface area (Å²) < 4.78 is 0. The van der Waals surface area contributed by atoms with Gasteiger partial charge in [0.1, 0.15) is 0 Å². The Morgan fingerprint density at radius 1 is 1.24 bits per heavy atom. The molecule has 1 amide bonds. The molecule has 5 nitrogen and oxygen atoms in total. The molecule has 1 aromatic heterocycles. The minimum absolute atomic E-state index is 0.00853. The van der Waals surface area contributed by atoms with Gasteiger partial charge in [0.25, 0.3) is 5.69 Å². The van der Waals surface area contributed by atoms with E-state index in [4.69, 9.17) is 0 Å². The smallest absolute Gasteiger partial charge is 0.269 e. The van der Waals surface area contributed by atoms with Crippen LogP contribution in [0.3, 0.4) is 0 Å². The number of nitro groups is 1. The molecule has 0 bridgehead atoms. The second-order valence-electron chi connectivity index (χ2n) is 5.67. The first-order valence-corrected chi connectivity index (χ1v) is 9.93. The van der Waals surface area contributed by atoms with Gasteiger partial charge in [-0.3, -0.25) is 14.9 Å². The van der Waals surface area contributed by atoms with Crippen LogP contribution in [0.5, 0.6) is 0 Å². The normalized spacial score (nSPS) is 18.2. The summed E-state index contributed by atoms with van der Waals surface area (Å²) in [6.45, 7) is 1.50. The summed E-state index contributed by atoms with van der Waals surface area (Å²) in [6.07, 6.45) is 4.22. The predicted molar refractivity (Wildman–Crippen MR) is 103 cm³/mol. The van der Waals surface area contributed by atoms with Gasteiger partial charge in [0.2, 0.25) is 5.91 Å². The third-order valence-electron chi connectivity index (χ3n) is 4.04. The van der Waals surface area contributed by atoms with E-state index in [9.17, 15) is 14.9 Å². The minimum Gasteiger partial charge on any atom is -0.338 e. The predicted octanol–water partition coefficient (Wildman–Crippen LogP) is 4.38. The first-order valence-electron chi connectivity index (χ1n) is 8.00. The van der Waals surface area contributed by atoms with Crippen molar-refractivity contribution in [2.75, 3.05) is 18.8 Å². The lowest BCUT2D eigenvalue weighted by Gasteiger charge is -2.18. The van der Waals surface area contributed by atoms with Crippen molar-refractivity contribution in [2.45, 2.75) is 11.7 Å². The van der Waals surface area contributed by atoms with Gasteiger partial charge in [-0.15, -0.1) is 11.3 Å². The van der Waals surface area contributed by atoms with Crippen LogP contribution in [0.25, 0.3) is 6.08 Å². The van der Waals surface area contributed by atoms with E-state index in [0.29, 0.717) is 5.25 Å². The van der Waals surface area contributed by atoms with Crippen molar-refractivity contribution in [1.29, 1.82) is 0 Å². The first kappa shape index (κ1) is 17.7. The summed E-state index contributed by atoms with van der Waals surface area (Å²) in [6, 6.07) is 10.4. The second-order valence-corrected chi connectivity index (χ2v) is 7.96. The average Bonchev–Trinajstić information content (AvgIpc) is 3.04. The van der Waals surface area contributed by atoms with Crippen LogP contribution >= 0.6 is 23.1 Å². The molecule has 1 atom stereocenters. The van der Waals surface area contributed by atoms with Crippen molar-refractivity contribution in [3.8, 4) is 0 Å². The number of thioether (sulfide) groups is 1. The summed E-state index contributed by atoms with van der Waals surface area (Å²) in [5.74, 6) is 0.922. The number of carbonyl (C=O) groups is 1. The van der Waals surface area contributed by atoms with Crippen molar-refractivity contribution in [3.63, 3.8) is 0 Å². The zero-order chi connectivity index (χ0) is 17.6. The van der Waals surface area contributed by atoms with Crippen molar-refractivity contribution < 1.29 is 9.72 Å². The number of nitrogens with zero attached hydrogens (tertiary/aromatic N) is 2. The van der Waals surface area contributed by atoms with Crippen molar-refractivity contribution in [2.24, 2.45) is 0 Å². The molecule has 0 N–H and O–H groups in total. The number of nitro benzene ring substituents is 1. The third-order valence-corrected chi connectivity index (χ3v) is 6.48. The van der Waals surface area contributed by atoms with Gasteiger partial charge < -0.3 is 4.90 Å². The van der Waals surface area contributed by atoms with Gasteiger partial charge in [-0.25, -0.2) is 0 Å². The average molecular weight is 374 g/mol. The fourth-order valence-corrected chi connectivity index (χ4v) is 4.91. The Morgan fingerprint density at radius 3 is 2.72 bits per heavy atom. The number of hydrogen-bond acceptors (Lipinski definition) is 5. The van der Waals surface area contributed by atoms with E-state index in [-0.39, 0.29) is 11.6 Å². The highest BCUT2D eigenvalue weighted by atomic mass is 32.2. The van der Waals surface area contributed by atoms with Crippen LogP contribution in [0.15, 0.2) is 47.9 Å². The highest BCUT2D eigenvalue weighted by molar-refractivity contribution is 7.99. The number of rotatable bonds is 4. The molecule has 2 heterocycles. The topological polar surface area (TPSA) is 63.4 Å². The zero-order valence-corrected chi connectivity index (χ0v) is 15.2. The Bertz CT molecular complexity index is 757. The molecule has 7 heteroatoms. The lowest BCUT2D eigenvalue weighted by Crippen LogP contribution is -2.31. The minimum atomic E-state index is -0.433. The van der Waals surface area contributed by atoms with E-state index in [1.54, 1.807) is 35.6 Å². The summed E-state index contributed by atoms with van der Waals surface area (Å²) in [5, 5.41) is 13.2. The van der Waals surface area contributed by atoms with Crippen LogP contribution in [0.2, 0.25) is 0 Å². The third kappa shape index (κ3) is 4.70. The number of amides is 1. The van der Waals surface area contributed by atoms with Gasteiger partial charge in [-0.05, 0) is 41.6 Å². The van der Waals surface area contributed by atoms with Crippen LogP contribution in [0.1, 0.15) is 22.1 Å². The second kappa shape index (κ2) is 8.31. The molecule has 0 spiro atoms. The molecule has 1 fully saturated rings. The number of benzene rings is 1. The van der Waals surface area contributed by atoms with Gasteiger partial charge in [0.15, 0.2) is 0 Å². The van der Waals surface area contributed by atoms with Crippen LogP contribution in [-0.4, -0.2) is 34.6 Å². The fraction of sp³-hybridized carbons (Fsp3) is 0.278. The van der Waals surface area contributed by atoms with E-state index in [0.717, 1.165) is 30.8 Å². The molecule has 1 aliphatic heterocycles. The molecule has 1 saturated heterocycles. The molecule has 25 heavy (non-hydrogen) atoms. The van der Waals surface area contributed by atoms with E-state index in [2.05, 4.69) is 17.5 Å². The maximum atomic E-state index is 12.4. The van der Waals surface area contributed by atoms with Crippen LogP contribution in [0, 0.1) is 10.1 Å². The summed E-state index contributed by atoms with van der Waals surface area (Å²) in [7, 11) is 0. The van der Waals surface area contributed by atoms with Gasteiger partial charge in [0.05, 0.1) is 4.92 Å². The number of thiophene rings is 1. The molecule has 3 rings (SSSR count). The summed E-state index contributed by atoms with van der Waals surface area (Å²) in [5.41, 5.74) is 0.826. The zero-order valence-electron chi connectivity index (χ0n) is 13.5. The maximum absolute atomic E-state index is 12.4. The molecule has 130 valence electrons. The van der Waals surface area contributed by atoms with E-state index >= 15 is 0 Å². The van der Waals surface area contributed by atoms with Crippen LogP contribution in [0.4, 0.5) is 5.69 Å². The Morgan fingerprint density at radius 2 is 2.04 bits per heavy atom. The van der Waals surface area contributed by atoms with Crippen LogP contribution < -0.4 is 0 Å². The summed E-state index contributed by atoms with van der Waals surface area (Å²) >= 11 is 3.68. The molecular weight excluding hydrogens is 356 g/mol. The van der Waals surface area contributed by atoms with Crippen molar-refractivity contribution >= 4 is 40.8 Å². The largest absolute Gasteiger partial charge is 0.338 e. The number of hydrogen-bond donors (Lipinski definition) is 0. The molecule has 2 aromatic rings. The molecule has 1 aromatic carbocycles. The first-order chi connectivity index (χ1) is 12.1. The van der Waals surface area contributed by atoms with Crippen molar-refractivity contribution in [3.05, 3.63) is 68.4 Å². The fourth-order valence-electron chi connectivity index (χ4n) is 2.67. The monoisotopic (exact) mass is 374 g/mol. The van der Waals surface area contributed by atoms with Gasteiger partial charge in [-0.2, -0.15) is 11.8 Å². The lowest BCUT2D eigenvalue weighted by atomic mass is 10.2. The number of carbonyl (C=O) groups excluding carboxylic acids is 1. The highest BCUT2D eigenvalue weighted by Crippen LogP contribution is 2.36. The van der Waals surface area contributed by atoms with E-state index in [1.165, 1.54) is 17.0 Å². The lowest BCUT2D eigenvalue weighted by molar-refractivity contribution is -0.384. The molecule has 1 unspecified atom stereocenters. The molecule has 0 radical (unpaired) electrons. The highest BCUT2D eigenvalue weighted by Gasteiger charge is 2.21. The summed E-state index contributed by atoms with van der Waals surface area (Å²) in [4.78, 5) is 25.9. The van der Waals surface area contributed by atoms with Gasteiger partial charge >= 0.3 is 0 Å². The van der Waals surface area contributed by atoms with Gasteiger partial charge in [-0.1, -0.05) is 6.07 Å². The van der Waals surface area contributed by atoms with E-state index in [1.807, 2.05) is 16.7 Å². The Labute approximate surface area is 154 Å². The standard InChI is InChI=1S/C18H18N2O3S2/c21-18(8-5-14-3-6-15(7-4-14)20(22)23)19-10-9-17(25-13-11-19)16-2-1-12-24-16/h1-8,12,17H,9-11,13H2/b8-5+. The number of non-ortho nitro benzene ring substituents is 1. The Hall–Kier alpha value is -2.12. The quantitative estimate of drug-likeness (QED) is 0.453. The maximum Gasteiger partial charge on any atom is 0.269 e. The Kier molecular flexibility index (Phi) is 5.88. The Balaban J connectivity index is 1.58. The van der Waals surface area contributed by atoms with E-state index < -0.39 is 4.92 Å². The molecular formula is C18H18N2O3S2. The van der Waals surface area contributed by atoms with Gasteiger partial charge in [0, 0.05) is 47.2 Å². The molecule has 0 aliphatic carbocycles. The van der Waals surface area contributed by atoms with Crippen molar-refractivity contribution in [1.82, 2.24) is 4.90 Å². The van der Waals surface area contributed by atoms with Crippen LogP contribution in [-0.2, 0) is 4.79 Å². The SMILES string of the molecule is O=C(/C=C/c1ccc([N+](=O)[O-])cc1)N1CCSC(c2cccs2)CC1. The molecule has 1 aliphatic rings. The molecule has 0 saturated carbocycles.